The van der Waals surface area contributed by atoms with E-state index in [4.69, 9.17) is 4.74 Å². The maximum atomic E-state index is 11.3. The molecule has 78 valence electrons. The number of rotatable bonds is 3. The van der Waals surface area contributed by atoms with Gasteiger partial charge in [0.15, 0.2) is 0 Å². The van der Waals surface area contributed by atoms with Crippen LogP contribution < -0.4 is 0 Å². The van der Waals surface area contributed by atoms with Crippen molar-refractivity contribution >= 4 is 5.97 Å². The van der Waals surface area contributed by atoms with Crippen LogP contribution in [-0.4, -0.2) is 22.1 Å². The molecule has 0 aliphatic rings. The van der Waals surface area contributed by atoms with Gasteiger partial charge in [0.05, 0.1) is 12.9 Å². The zero-order valence-corrected chi connectivity index (χ0v) is 8.86. The first-order valence-electron chi connectivity index (χ1n) is 4.59. The third-order valence-electron chi connectivity index (χ3n) is 1.54. The SMILES string of the molecule is CC(C)(C)COC(=O)Cn1ccnc1. The van der Waals surface area contributed by atoms with Crippen LogP contribution in [0.2, 0.25) is 0 Å². The highest BCUT2D eigenvalue weighted by Crippen LogP contribution is 2.12. The Bertz CT molecular complexity index is 286. The van der Waals surface area contributed by atoms with Gasteiger partial charge in [0.25, 0.3) is 0 Å². The maximum Gasteiger partial charge on any atom is 0.326 e. The number of imidazole rings is 1. The molecular formula is C10H16N2O2. The van der Waals surface area contributed by atoms with Gasteiger partial charge in [-0.25, -0.2) is 4.98 Å². The Morgan fingerprint density at radius 1 is 1.50 bits per heavy atom. The molecule has 0 saturated heterocycles. The number of esters is 1. The van der Waals surface area contributed by atoms with Crippen molar-refractivity contribution in [2.24, 2.45) is 5.41 Å². The van der Waals surface area contributed by atoms with Crippen molar-refractivity contribution < 1.29 is 9.53 Å². The predicted molar refractivity (Wildman–Crippen MR) is 52.6 cm³/mol. The van der Waals surface area contributed by atoms with Crippen LogP contribution in [0.1, 0.15) is 20.8 Å². The fourth-order valence-electron chi connectivity index (χ4n) is 0.872. The summed E-state index contributed by atoms with van der Waals surface area (Å²) in [4.78, 5) is 15.1. The average molecular weight is 196 g/mol. The molecule has 1 aromatic rings. The van der Waals surface area contributed by atoms with Crippen molar-refractivity contribution in [2.45, 2.75) is 27.3 Å². The minimum Gasteiger partial charge on any atom is -0.464 e. The summed E-state index contributed by atoms with van der Waals surface area (Å²) in [5.41, 5.74) is 0.0185. The third kappa shape index (κ3) is 4.07. The van der Waals surface area contributed by atoms with E-state index in [1.54, 1.807) is 23.3 Å². The summed E-state index contributed by atoms with van der Waals surface area (Å²) in [7, 11) is 0. The summed E-state index contributed by atoms with van der Waals surface area (Å²) in [5.74, 6) is -0.224. The van der Waals surface area contributed by atoms with Gasteiger partial charge in [0.2, 0.25) is 0 Å². The number of carbonyl (C=O) groups excluding carboxylic acids is 1. The van der Waals surface area contributed by atoms with Crippen molar-refractivity contribution in [3.8, 4) is 0 Å². The number of ether oxygens (including phenoxy) is 1. The van der Waals surface area contributed by atoms with E-state index >= 15 is 0 Å². The van der Waals surface area contributed by atoms with Gasteiger partial charge in [-0.15, -0.1) is 0 Å². The quantitative estimate of drug-likeness (QED) is 0.688. The van der Waals surface area contributed by atoms with E-state index in [1.165, 1.54) is 0 Å². The molecule has 0 aliphatic heterocycles. The highest BCUT2D eigenvalue weighted by Gasteiger charge is 2.13. The Hall–Kier alpha value is -1.32. The lowest BCUT2D eigenvalue weighted by molar-refractivity contribution is -0.147. The smallest absolute Gasteiger partial charge is 0.326 e. The number of hydrogen-bond donors (Lipinski definition) is 0. The van der Waals surface area contributed by atoms with Crippen LogP contribution in [0.4, 0.5) is 0 Å². The van der Waals surface area contributed by atoms with Gasteiger partial charge in [-0.1, -0.05) is 20.8 Å². The van der Waals surface area contributed by atoms with Crippen LogP contribution in [0, 0.1) is 5.41 Å². The highest BCUT2D eigenvalue weighted by molar-refractivity contribution is 5.69. The van der Waals surface area contributed by atoms with E-state index in [-0.39, 0.29) is 17.9 Å². The van der Waals surface area contributed by atoms with Crippen molar-refractivity contribution in [3.05, 3.63) is 18.7 Å². The molecule has 1 heterocycles. The van der Waals surface area contributed by atoms with Crippen LogP contribution in [-0.2, 0) is 16.1 Å². The van der Waals surface area contributed by atoms with E-state index in [0.717, 1.165) is 0 Å². The summed E-state index contributed by atoms with van der Waals surface area (Å²) in [6.07, 6.45) is 4.97. The first-order valence-corrected chi connectivity index (χ1v) is 4.59. The summed E-state index contributed by atoms with van der Waals surface area (Å²) >= 11 is 0. The van der Waals surface area contributed by atoms with Gasteiger partial charge in [0.1, 0.15) is 6.54 Å². The highest BCUT2D eigenvalue weighted by atomic mass is 16.5. The third-order valence-corrected chi connectivity index (χ3v) is 1.54. The van der Waals surface area contributed by atoms with Gasteiger partial charge < -0.3 is 9.30 Å². The monoisotopic (exact) mass is 196 g/mol. The van der Waals surface area contributed by atoms with Crippen LogP contribution >= 0.6 is 0 Å². The van der Waals surface area contributed by atoms with Gasteiger partial charge in [0, 0.05) is 12.4 Å². The molecule has 0 radical (unpaired) electrons. The molecule has 0 aliphatic carbocycles. The van der Waals surface area contributed by atoms with Gasteiger partial charge in [-0.05, 0) is 5.41 Å². The molecule has 0 bridgehead atoms. The molecular weight excluding hydrogens is 180 g/mol. The molecule has 0 aromatic carbocycles. The van der Waals surface area contributed by atoms with E-state index in [1.807, 2.05) is 20.8 Å². The largest absolute Gasteiger partial charge is 0.464 e. The van der Waals surface area contributed by atoms with Crippen LogP contribution in [0.25, 0.3) is 0 Å². The number of carbonyl (C=O) groups is 1. The Labute approximate surface area is 83.9 Å². The van der Waals surface area contributed by atoms with Crippen molar-refractivity contribution in [1.82, 2.24) is 9.55 Å². The lowest BCUT2D eigenvalue weighted by atomic mass is 9.99. The molecule has 0 amide bonds. The topological polar surface area (TPSA) is 44.1 Å². The van der Waals surface area contributed by atoms with Crippen LogP contribution in [0.5, 0.6) is 0 Å². The number of aromatic nitrogens is 2. The summed E-state index contributed by atoms with van der Waals surface area (Å²) in [6, 6.07) is 0. The Morgan fingerprint density at radius 2 is 2.21 bits per heavy atom. The zero-order valence-electron chi connectivity index (χ0n) is 8.86. The second kappa shape index (κ2) is 4.26. The molecule has 1 aromatic heterocycles. The predicted octanol–water partition coefficient (Wildman–Crippen LogP) is 1.47. The summed E-state index contributed by atoms with van der Waals surface area (Å²) in [5, 5.41) is 0. The minimum absolute atomic E-state index is 0.0185. The van der Waals surface area contributed by atoms with E-state index in [0.29, 0.717) is 6.61 Å². The molecule has 4 heteroatoms. The van der Waals surface area contributed by atoms with Crippen molar-refractivity contribution in [1.29, 1.82) is 0 Å². The number of nitrogens with zero attached hydrogens (tertiary/aromatic N) is 2. The second-order valence-electron chi connectivity index (χ2n) is 4.46. The van der Waals surface area contributed by atoms with E-state index < -0.39 is 0 Å². The molecule has 14 heavy (non-hydrogen) atoms. The molecule has 0 fully saturated rings. The Kier molecular flexibility index (Phi) is 3.28. The van der Waals surface area contributed by atoms with Crippen molar-refractivity contribution in [2.75, 3.05) is 6.61 Å². The fraction of sp³-hybridized carbons (Fsp3) is 0.600. The first kappa shape index (κ1) is 10.8. The lowest BCUT2D eigenvalue weighted by Gasteiger charge is -2.17. The standard InChI is InChI=1S/C10H16N2O2/c1-10(2,3)7-14-9(13)6-12-5-4-11-8-12/h4-5,8H,6-7H2,1-3H3. The van der Waals surface area contributed by atoms with E-state index in [9.17, 15) is 4.79 Å². The summed E-state index contributed by atoms with van der Waals surface area (Å²) < 4.78 is 6.78. The van der Waals surface area contributed by atoms with Crippen LogP contribution in [0.3, 0.4) is 0 Å². The molecule has 0 spiro atoms. The van der Waals surface area contributed by atoms with Gasteiger partial charge >= 0.3 is 5.97 Å². The zero-order chi connectivity index (χ0) is 10.6. The normalized spacial score (nSPS) is 11.4. The molecule has 4 nitrogen and oxygen atoms in total. The average Bonchev–Trinajstić information content (AvgIpc) is 2.52. The van der Waals surface area contributed by atoms with Gasteiger partial charge in [-0.3, -0.25) is 4.79 Å². The Morgan fingerprint density at radius 3 is 2.71 bits per heavy atom. The lowest BCUT2D eigenvalue weighted by Crippen LogP contribution is -2.20. The maximum absolute atomic E-state index is 11.3. The molecule has 0 N–H and O–H groups in total. The van der Waals surface area contributed by atoms with Crippen LogP contribution in [0.15, 0.2) is 18.7 Å². The molecule has 0 unspecified atom stereocenters. The fourth-order valence-corrected chi connectivity index (χ4v) is 0.872. The van der Waals surface area contributed by atoms with Crippen molar-refractivity contribution in [3.63, 3.8) is 0 Å². The molecule has 0 saturated carbocycles. The summed E-state index contributed by atoms with van der Waals surface area (Å²) in [6.45, 7) is 6.75. The number of hydrogen-bond acceptors (Lipinski definition) is 3. The van der Waals surface area contributed by atoms with E-state index in [2.05, 4.69) is 4.98 Å². The molecule has 0 atom stereocenters. The van der Waals surface area contributed by atoms with Gasteiger partial charge in [-0.2, -0.15) is 0 Å². The molecule has 1 rings (SSSR count). The first-order chi connectivity index (χ1) is 6.47. The second-order valence-corrected chi connectivity index (χ2v) is 4.46. The minimum atomic E-state index is -0.224. The Balaban J connectivity index is 2.30.